The van der Waals surface area contributed by atoms with Crippen molar-refractivity contribution in [1.82, 2.24) is 4.57 Å². The minimum atomic E-state index is -0.451. The van der Waals surface area contributed by atoms with E-state index in [-0.39, 0.29) is 5.78 Å². The highest BCUT2D eigenvalue weighted by Crippen LogP contribution is 2.22. The number of carbonyl (C=O) groups excluding carboxylic acids is 2. The van der Waals surface area contributed by atoms with E-state index in [2.05, 4.69) is 4.79 Å². The van der Waals surface area contributed by atoms with Crippen LogP contribution in [0.2, 0.25) is 0 Å². The third-order valence-electron chi connectivity index (χ3n) is 3.14. The summed E-state index contributed by atoms with van der Waals surface area (Å²) in [5.74, 6) is -0.663. The molecule has 0 saturated heterocycles. The second-order valence-electron chi connectivity index (χ2n) is 4.76. The fourth-order valence-electron chi connectivity index (χ4n) is 2.15. The lowest BCUT2D eigenvalue weighted by Crippen LogP contribution is -2.19. The summed E-state index contributed by atoms with van der Waals surface area (Å²) in [7, 11) is 0. The van der Waals surface area contributed by atoms with Crippen molar-refractivity contribution < 1.29 is 19.1 Å². The van der Waals surface area contributed by atoms with Gasteiger partial charge in [-0.1, -0.05) is 12.1 Å². The quantitative estimate of drug-likeness (QED) is 0.291. The van der Waals surface area contributed by atoms with Crippen LogP contribution in [0, 0.1) is 5.53 Å². The van der Waals surface area contributed by atoms with Crippen LogP contribution in [0.5, 0.6) is 5.75 Å². The number of aromatic nitrogens is 1. The minimum Gasteiger partial charge on any atom is -0.427 e. The molecule has 22 heavy (non-hydrogen) atoms. The SMILES string of the molecule is CC(=O)Oc1ccc(C(Cn2cccc2)C(=O)C=[N+]=N)cc1. The minimum absolute atomic E-state index is 0.246. The largest absolute Gasteiger partial charge is 0.427 e. The molecule has 1 aromatic carbocycles. The first-order valence-electron chi connectivity index (χ1n) is 6.73. The van der Waals surface area contributed by atoms with Crippen LogP contribution in [-0.4, -0.2) is 27.3 Å². The van der Waals surface area contributed by atoms with Gasteiger partial charge in [0.25, 0.3) is 0 Å². The normalized spacial score (nSPS) is 11.3. The zero-order valence-corrected chi connectivity index (χ0v) is 12.1. The summed E-state index contributed by atoms with van der Waals surface area (Å²) >= 11 is 0. The molecule has 2 aromatic rings. The number of hydrogen-bond acceptors (Lipinski definition) is 4. The number of hydrogen-bond donors (Lipinski definition) is 1. The van der Waals surface area contributed by atoms with E-state index >= 15 is 0 Å². The maximum absolute atomic E-state index is 12.2. The molecule has 1 atom stereocenters. The number of nitrogens with one attached hydrogen (secondary N) is 1. The molecule has 1 aromatic heterocycles. The molecule has 1 N–H and O–H groups in total. The van der Waals surface area contributed by atoms with Crippen molar-refractivity contribution in [2.45, 2.75) is 19.4 Å². The van der Waals surface area contributed by atoms with Gasteiger partial charge in [-0.25, -0.2) is 0 Å². The van der Waals surface area contributed by atoms with Crippen LogP contribution in [0.15, 0.2) is 48.8 Å². The number of benzene rings is 1. The average molecular weight is 298 g/mol. The van der Waals surface area contributed by atoms with Crippen LogP contribution in [-0.2, 0) is 16.1 Å². The maximum Gasteiger partial charge on any atom is 0.373 e. The molecule has 1 heterocycles. The summed E-state index contributed by atoms with van der Waals surface area (Å²) in [6, 6.07) is 10.5. The lowest BCUT2D eigenvalue weighted by atomic mass is 9.95. The molecule has 0 aliphatic rings. The number of nitrogens with zero attached hydrogens (tertiary/aromatic N) is 2. The fraction of sp³-hybridized carbons (Fsp3) is 0.188. The van der Waals surface area contributed by atoms with Gasteiger partial charge in [-0.05, 0) is 29.8 Å². The molecule has 6 heteroatoms. The molecule has 0 saturated carbocycles. The zero-order valence-electron chi connectivity index (χ0n) is 12.1. The first-order chi connectivity index (χ1) is 10.6. The third-order valence-corrected chi connectivity index (χ3v) is 3.14. The summed E-state index contributed by atoms with van der Waals surface area (Å²) in [5.41, 5.74) is 7.61. The van der Waals surface area contributed by atoms with E-state index in [0.29, 0.717) is 12.3 Å². The molecule has 2 rings (SSSR count). The monoisotopic (exact) mass is 298 g/mol. The predicted molar refractivity (Wildman–Crippen MR) is 79.0 cm³/mol. The summed E-state index contributed by atoms with van der Waals surface area (Å²) in [6.07, 6.45) is 4.74. The predicted octanol–water partition coefficient (Wildman–Crippen LogP) is 2.08. The third kappa shape index (κ3) is 4.01. The Balaban J connectivity index is 2.25. The van der Waals surface area contributed by atoms with Gasteiger partial charge in [0, 0.05) is 25.9 Å². The van der Waals surface area contributed by atoms with Crippen molar-refractivity contribution in [3.05, 3.63) is 54.4 Å². The van der Waals surface area contributed by atoms with Gasteiger partial charge in [-0.2, -0.15) is 0 Å². The molecule has 0 aliphatic carbocycles. The lowest BCUT2D eigenvalue weighted by molar-refractivity contribution is -0.132. The maximum atomic E-state index is 12.2. The van der Waals surface area contributed by atoms with Crippen LogP contribution >= 0.6 is 0 Å². The summed E-state index contributed by atoms with van der Waals surface area (Å²) < 4.78 is 6.87. The lowest BCUT2D eigenvalue weighted by Gasteiger charge is -2.14. The molecule has 112 valence electrons. The van der Waals surface area contributed by atoms with E-state index in [9.17, 15) is 9.59 Å². The number of carbonyl (C=O) groups is 2. The highest BCUT2D eigenvalue weighted by molar-refractivity contribution is 6.27. The summed E-state index contributed by atoms with van der Waals surface area (Å²) in [6.45, 7) is 1.78. The van der Waals surface area contributed by atoms with E-state index < -0.39 is 11.9 Å². The van der Waals surface area contributed by atoms with E-state index in [0.717, 1.165) is 11.8 Å². The van der Waals surface area contributed by atoms with E-state index in [1.807, 2.05) is 29.1 Å². The highest BCUT2D eigenvalue weighted by Gasteiger charge is 2.23. The van der Waals surface area contributed by atoms with E-state index in [1.54, 1.807) is 24.3 Å². The van der Waals surface area contributed by atoms with Crippen LogP contribution in [0.1, 0.15) is 18.4 Å². The smallest absolute Gasteiger partial charge is 0.373 e. The summed E-state index contributed by atoms with van der Waals surface area (Å²) in [4.78, 5) is 26.1. The Morgan fingerprint density at radius 2 is 1.91 bits per heavy atom. The Morgan fingerprint density at radius 3 is 2.45 bits per heavy atom. The Kier molecular flexibility index (Phi) is 5.01. The first kappa shape index (κ1) is 15.4. The van der Waals surface area contributed by atoms with Gasteiger partial charge < -0.3 is 9.30 Å². The van der Waals surface area contributed by atoms with Gasteiger partial charge in [-0.3, -0.25) is 9.59 Å². The van der Waals surface area contributed by atoms with Crippen LogP contribution in [0.4, 0.5) is 0 Å². The average Bonchev–Trinajstić information content (AvgIpc) is 2.98. The van der Waals surface area contributed by atoms with Crippen LogP contribution in [0.25, 0.3) is 0 Å². The Labute approximate surface area is 127 Å². The van der Waals surface area contributed by atoms with Gasteiger partial charge in [-0.15, -0.1) is 0 Å². The molecule has 0 amide bonds. The second kappa shape index (κ2) is 7.15. The molecule has 0 bridgehead atoms. The second-order valence-corrected chi connectivity index (χ2v) is 4.76. The molecule has 0 spiro atoms. The fourth-order valence-corrected chi connectivity index (χ4v) is 2.15. The van der Waals surface area contributed by atoms with Crippen molar-refractivity contribution in [2.75, 3.05) is 0 Å². The van der Waals surface area contributed by atoms with Gasteiger partial charge in [0.2, 0.25) is 5.78 Å². The number of ketones is 1. The standard InChI is InChI=1S/C16H16N3O3/c1-12(20)22-14-6-4-13(5-7-14)15(16(21)10-18-17)11-19-8-2-3-9-19/h2-10,15,17H,11H2,1H3/q+1. The molecular weight excluding hydrogens is 282 g/mol. The van der Waals surface area contributed by atoms with Gasteiger partial charge in [0.15, 0.2) is 0 Å². The van der Waals surface area contributed by atoms with Gasteiger partial charge in [0.05, 0.1) is 16.2 Å². The molecule has 0 aliphatic heterocycles. The molecule has 0 fully saturated rings. The topological polar surface area (TPSA) is 86.2 Å². The van der Waals surface area contributed by atoms with Crippen molar-refractivity contribution in [3.63, 3.8) is 0 Å². The summed E-state index contributed by atoms with van der Waals surface area (Å²) in [5, 5.41) is 0. The van der Waals surface area contributed by atoms with Gasteiger partial charge >= 0.3 is 12.2 Å². The molecule has 1 unspecified atom stereocenters. The zero-order chi connectivity index (χ0) is 15.9. The van der Waals surface area contributed by atoms with Crippen molar-refractivity contribution in [2.24, 2.45) is 0 Å². The molecule has 6 nitrogen and oxygen atoms in total. The number of Topliss-reactive ketones (excluding diaryl/α,β-unsaturated/α-hetero) is 1. The van der Waals surface area contributed by atoms with Crippen LogP contribution < -0.4 is 4.74 Å². The van der Waals surface area contributed by atoms with Crippen molar-refractivity contribution >= 4 is 18.0 Å². The Hall–Kier alpha value is -2.98. The number of ether oxygens (including phenoxy) is 1. The first-order valence-corrected chi connectivity index (χ1v) is 6.73. The number of rotatable bonds is 6. The highest BCUT2D eigenvalue weighted by atomic mass is 16.5. The van der Waals surface area contributed by atoms with E-state index in [4.69, 9.17) is 10.3 Å². The van der Waals surface area contributed by atoms with Gasteiger partial charge in [0.1, 0.15) is 5.75 Å². The van der Waals surface area contributed by atoms with Crippen molar-refractivity contribution in [3.8, 4) is 5.75 Å². The molecule has 0 radical (unpaired) electrons. The molecular formula is C16H16N3O3+. The Morgan fingerprint density at radius 1 is 1.27 bits per heavy atom. The Bertz CT molecular complexity index is 699. The van der Waals surface area contributed by atoms with Crippen molar-refractivity contribution in [1.29, 1.82) is 5.53 Å². The van der Waals surface area contributed by atoms with Crippen LogP contribution in [0.3, 0.4) is 0 Å². The number of esters is 1. The van der Waals surface area contributed by atoms with E-state index in [1.165, 1.54) is 6.92 Å².